The van der Waals surface area contributed by atoms with Gasteiger partial charge < -0.3 is 10.8 Å². The number of unbranched alkanes of at least 4 members (excludes halogenated alkanes) is 14. The molecule has 138 valence electrons. The van der Waals surface area contributed by atoms with Crippen LogP contribution < -0.4 is 5.73 Å². The van der Waals surface area contributed by atoms with E-state index < -0.39 is 0 Å². The summed E-state index contributed by atoms with van der Waals surface area (Å²) in [4.78, 5) is 0. The van der Waals surface area contributed by atoms with Gasteiger partial charge in [-0.2, -0.15) is 0 Å². The molecule has 0 fully saturated rings. The number of rotatable bonds is 18. The molecule has 0 radical (unpaired) electrons. The van der Waals surface area contributed by atoms with Gasteiger partial charge in [0.15, 0.2) is 0 Å². The fourth-order valence-corrected chi connectivity index (χ4v) is 3.05. The molecule has 2 heteroatoms. The second-order valence-corrected chi connectivity index (χ2v) is 6.99. The molecule has 0 saturated carbocycles. The highest BCUT2D eigenvalue weighted by Crippen LogP contribution is 2.14. The first-order chi connectivity index (χ1) is 11.3. The lowest BCUT2D eigenvalue weighted by atomic mass is 10.0. The Morgan fingerprint density at radius 1 is 0.696 bits per heavy atom. The summed E-state index contributed by atoms with van der Waals surface area (Å²) in [5.41, 5.74) is 6.82. The molecule has 0 aliphatic carbocycles. The van der Waals surface area contributed by atoms with Crippen LogP contribution in [-0.4, -0.2) is 11.7 Å². The summed E-state index contributed by atoms with van der Waals surface area (Å²) in [7, 11) is 0. The molecule has 0 aromatic rings. The molecular weight excluding hydrogens is 282 g/mol. The second kappa shape index (κ2) is 19.5. The van der Waals surface area contributed by atoms with Crippen LogP contribution in [0.5, 0.6) is 0 Å². The Balaban J connectivity index is 3.08. The third-order valence-electron chi connectivity index (χ3n) is 4.60. The van der Waals surface area contributed by atoms with Gasteiger partial charge in [-0.15, -0.1) is 0 Å². The van der Waals surface area contributed by atoms with Gasteiger partial charge in [0.1, 0.15) is 0 Å². The molecule has 23 heavy (non-hydrogen) atoms. The molecule has 0 aromatic heterocycles. The summed E-state index contributed by atoms with van der Waals surface area (Å²) >= 11 is 0. The molecule has 0 bridgehead atoms. The lowest BCUT2D eigenvalue weighted by Crippen LogP contribution is -1.97. The first kappa shape index (κ1) is 22.5. The molecule has 0 unspecified atom stereocenters. The highest BCUT2D eigenvalue weighted by Gasteiger charge is 1.95. The van der Waals surface area contributed by atoms with Crippen molar-refractivity contribution < 1.29 is 5.11 Å². The van der Waals surface area contributed by atoms with Crippen molar-refractivity contribution in [2.75, 3.05) is 6.61 Å². The molecular formula is C21H43NO. The molecule has 0 spiro atoms. The maximum absolute atomic E-state index is 8.72. The van der Waals surface area contributed by atoms with Crippen molar-refractivity contribution >= 4 is 0 Å². The van der Waals surface area contributed by atoms with Gasteiger partial charge in [-0.25, -0.2) is 0 Å². The summed E-state index contributed by atoms with van der Waals surface area (Å²) in [5, 5.41) is 8.72. The molecule has 0 rings (SSSR count). The van der Waals surface area contributed by atoms with Crippen molar-refractivity contribution in [3.63, 3.8) is 0 Å². The lowest BCUT2D eigenvalue weighted by molar-refractivity contribution is 0.302. The van der Waals surface area contributed by atoms with Gasteiger partial charge in [0.25, 0.3) is 0 Å². The van der Waals surface area contributed by atoms with E-state index in [1.165, 1.54) is 96.3 Å². The Labute approximate surface area is 145 Å². The van der Waals surface area contributed by atoms with Crippen LogP contribution in [0.2, 0.25) is 0 Å². The second-order valence-electron chi connectivity index (χ2n) is 6.99. The minimum atomic E-state index is 0.208. The van der Waals surface area contributed by atoms with E-state index in [-0.39, 0.29) is 6.61 Å². The predicted molar refractivity (Wildman–Crippen MR) is 104 cm³/mol. The van der Waals surface area contributed by atoms with Crippen molar-refractivity contribution in [2.24, 2.45) is 5.73 Å². The number of nitrogens with two attached hydrogens (primary N) is 1. The molecule has 3 N–H and O–H groups in total. The number of hydrogen-bond donors (Lipinski definition) is 2. The van der Waals surface area contributed by atoms with Crippen LogP contribution in [-0.2, 0) is 0 Å². The zero-order valence-electron chi connectivity index (χ0n) is 15.8. The van der Waals surface area contributed by atoms with E-state index >= 15 is 0 Å². The number of allylic oxidation sites excluding steroid dienone is 1. The summed E-state index contributed by atoms with van der Waals surface area (Å²) in [5.74, 6) is 0. The van der Waals surface area contributed by atoms with Crippen LogP contribution in [0.3, 0.4) is 0 Å². The van der Waals surface area contributed by atoms with E-state index in [1.54, 1.807) is 0 Å². The van der Waals surface area contributed by atoms with Crippen molar-refractivity contribution in [3.8, 4) is 0 Å². The third kappa shape index (κ3) is 19.5. The first-order valence-corrected chi connectivity index (χ1v) is 10.4. The monoisotopic (exact) mass is 325 g/mol. The molecule has 0 aliphatic rings. The van der Waals surface area contributed by atoms with Crippen molar-refractivity contribution in [3.05, 3.63) is 11.8 Å². The van der Waals surface area contributed by atoms with E-state index in [0.717, 1.165) is 12.1 Å². The largest absolute Gasteiger partial charge is 0.402 e. The number of aliphatic hydroxyl groups excluding tert-OH is 1. The third-order valence-corrected chi connectivity index (χ3v) is 4.60. The first-order valence-electron chi connectivity index (χ1n) is 10.4. The normalized spacial score (nSPS) is 12.0. The van der Waals surface area contributed by atoms with Gasteiger partial charge in [0.05, 0.1) is 0 Å². The predicted octanol–water partition coefficient (Wildman–Crippen LogP) is 6.47. The fourth-order valence-electron chi connectivity index (χ4n) is 3.05. The average molecular weight is 326 g/mol. The topological polar surface area (TPSA) is 46.2 Å². The van der Waals surface area contributed by atoms with Gasteiger partial charge in [-0.3, -0.25) is 0 Å². The van der Waals surface area contributed by atoms with Crippen molar-refractivity contribution in [1.82, 2.24) is 0 Å². The zero-order chi connectivity index (χ0) is 17.0. The summed E-state index contributed by atoms with van der Waals surface area (Å²) < 4.78 is 0. The summed E-state index contributed by atoms with van der Waals surface area (Å²) in [6, 6.07) is 0. The van der Waals surface area contributed by atoms with Crippen molar-refractivity contribution in [1.29, 1.82) is 0 Å². The van der Waals surface area contributed by atoms with Crippen molar-refractivity contribution in [2.45, 2.75) is 116 Å². The summed E-state index contributed by atoms with van der Waals surface area (Å²) in [6.07, 6.45) is 24.6. The van der Waals surface area contributed by atoms with E-state index in [4.69, 9.17) is 10.8 Å². The highest BCUT2D eigenvalue weighted by atomic mass is 16.2. The zero-order valence-corrected chi connectivity index (χ0v) is 15.8. The SMILES string of the molecule is CCCCCCCCCCCCCCCCCC(N)=CCCO. The molecule has 0 atom stereocenters. The van der Waals surface area contributed by atoms with Crippen LogP contribution >= 0.6 is 0 Å². The fraction of sp³-hybridized carbons (Fsp3) is 0.905. The molecule has 0 saturated heterocycles. The Hall–Kier alpha value is -0.500. The Kier molecular flexibility index (Phi) is 19.1. The smallest absolute Gasteiger partial charge is 0.0466 e. The van der Waals surface area contributed by atoms with E-state index in [1.807, 2.05) is 6.08 Å². The van der Waals surface area contributed by atoms with Gasteiger partial charge in [-0.05, 0) is 19.3 Å². The Morgan fingerprint density at radius 3 is 1.48 bits per heavy atom. The van der Waals surface area contributed by atoms with Crippen LogP contribution in [0.25, 0.3) is 0 Å². The summed E-state index contributed by atoms with van der Waals surface area (Å²) in [6.45, 7) is 2.49. The van der Waals surface area contributed by atoms with Crippen LogP contribution in [0.4, 0.5) is 0 Å². The maximum Gasteiger partial charge on any atom is 0.0466 e. The van der Waals surface area contributed by atoms with Crippen LogP contribution in [0, 0.1) is 0 Å². The average Bonchev–Trinajstić information content (AvgIpc) is 2.56. The van der Waals surface area contributed by atoms with E-state index in [0.29, 0.717) is 6.42 Å². The highest BCUT2D eigenvalue weighted by molar-refractivity contribution is 4.95. The van der Waals surface area contributed by atoms with E-state index in [9.17, 15) is 0 Å². The van der Waals surface area contributed by atoms with Gasteiger partial charge in [0, 0.05) is 12.3 Å². The lowest BCUT2D eigenvalue weighted by Gasteiger charge is -2.04. The Bertz CT molecular complexity index is 250. The van der Waals surface area contributed by atoms with E-state index in [2.05, 4.69) is 6.92 Å². The molecule has 0 aromatic carbocycles. The number of hydrogen-bond acceptors (Lipinski definition) is 2. The Morgan fingerprint density at radius 2 is 1.09 bits per heavy atom. The number of aliphatic hydroxyl groups is 1. The molecule has 0 aliphatic heterocycles. The van der Waals surface area contributed by atoms with Gasteiger partial charge >= 0.3 is 0 Å². The van der Waals surface area contributed by atoms with Gasteiger partial charge in [-0.1, -0.05) is 103 Å². The minimum absolute atomic E-state index is 0.208. The van der Waals surface area contributed by atoms with Crippen LogP contribution in [0.1, 0.15) is 116 Å². The standard InChI is InChI=1S/C21H43NO/c1-2-3-4-5-6-7-8-9-10-11-12-13-14-15-16-18-21(22)19-17-20-23/h19,23H,2-18,20,22H2,1H3. The maximum atomic E-state index is 8.72. The minimum Gasteiger partial charge on any atom is -0.402 e. The molecule has 0 heterocycles. The molecule has 2 nitrogen and oxygen atoms in total. The molecule has 0 amide bonds. The quantitative estimate of drug-likeness (QED) is 0.283. The van der Waals surface area contributed by atoms with Gasteiger partial charge in [0.2, 0.25) is 0 Å². The van der Waals surface area contributed by atoms with Crippen LogP contribution in [0.15, 0.2) is 11.8 Å².